The van der Waals surface area contributed by atoms with Crippen LogP contribution in [0.3, 0.4) is 0 Å². The predicted molar refractivity (Wildman–Crippen MR) is 46.4 cm³/mol. The fourth-order valence-electron chi connectivity index (χ4n) is 0.740. The van der Waals surface area contributed by atoms with E-state index < -0.39 is 28.6 Å². The number of amides is 1. The van der Waals surface area contributed by atoms with Gasteiger partial charge in [-0.25, -0.2) is 13.2 Å². The average molecular weight is 211 g/mol. The molecule has 6 nitrogen and oxygen atoms in total. The monoisotopic (exact) mass is 211 g/mol. The molecule has 13 heavy (non-hydrogen) atoms. The molecule has 0 aromatic rings. The smallest absolute Gasteiger partial charge is 0.404 e. The molecule has 0 spiro atoms. The molecule has 0 radical (unpaired) electrons. The minimum Gasteiger partial charge on any atom is -0.465 e. The zero-order valence-corrected chi connectivity index (χ0v) is 8.04. The second-order valence-electron chi connectivity index (χ2n) is 2.75. The van der Waals surface area contributed by atoms with Crippen LogP contribution in [-0.2, 0) is 9.84 Å². The van der Waals surface area contributed by atoms with Crippen LogP contribution in [0, 0.1) is 0 Å². The summed E-state index contributed by atoms with van der Waals surface area (Å²) in [6.07, 6.45) is -0.128. The molecule has 0 fully saturated rings. The van der Waals surface area contributed by atoms with Crippen molar-refractivity contribution in [2.75, 3.05) is 18.6 Å². The number of aliphatic hydroxyl groups is 1. The first kappa shape index (κ1) is 12.2. The lowest BCUT2D eigenvalue weighted by atomic mass is 10.2. The van der Waals surface area contributed by atoms with Crippen LogP contribution in [0.2, 0.25) is 0 Å². The third kappa shape index (κ3) is 7.54. The Kier molecular flexibility index (Phi) is 4.71. The van der Waals surface area contributed by atoms with Crippen LogP contribution in [0.5, 0.6) is 0 Å². The molecule has 0 aromatic carbocycles. The molecule has 0 saturated heterocycles. The van der Waals surface area contributed by atoms with Gasteiger partial charge in [0.2, 0.25) is 0 Å². The van der Waals surface area contributed by atoms with E-state index in [2.05, 4.69) is 0 Å². The first-order chi connectivity index (χ1) is 5.85. The van der Waals surface area contributed by atoms with E-state index in [9.17, 15) is 13.2 Å². The van der Waals surface area contributed by atoms with Gasteiger partial charge in [0, 0.05) is 6.26 Å². The van der Waals surface area contributed by atoms with Crippen LogP contribution < -0.4 is 5.32 Å². The lowest BCUT2D eigenvalue weighted by molar-refractivity contribution is 0.176. The summed E-state index contributed by atoms with van der Waals surface area (Å²) in [4.78, 5) is 10.1. The van der Waals surface area contributed by atoms with Gasteiger partial charge in [0.15, 0.2) is 0 Å². The van der Waals surface area contributed by atoms with Crippen molar-refractivity contribution in [2.24, 2.45) is 0 Å². The molecule has 0 aromatic heterocycles. The van der Waals surface area contributed by atoms with Gasteiger partial charge in [-0.2, -0.15) is 0 Å². The highest BCUT2D eigenvalue weighted by Crippen LogP contribution is 1.95. The van der Waals surface area contributed by atoms with E-state index in [0.717, 1.165) is 6.26 Å². The number of carbonyl (C=O) groups is 1. The van der Waals surface area contributed by atoms with E-state index in [0.29, 0.717) is 0 Å². The van der Waals surface area contributed by atoms with Gasteiger partial charge in [-0.1, -0.05) is 0 Å². The minimum atomic E-state index is -3.11. The molecule has 0 rings (SSSR count). The summed E-state index contributed by atoms with van der Waals surface area (Å²) in [6, 6.07) is -0.716. The Hall–Kier alpha value is -0.820. The Balaban J connectivity index is 3.93. The summed E-state index contributed by atoms with van der Waals surface area (Å²) in [5, 5.41) is 18.9. The highest BCUT2D eigenvalue weighted by Gasteiger charge is 2.12. The molecule has 0 aliphatic carbocycles. The van der Waals surface area contributed by atoms with E-state index in [1.165, 1.54) is 0 Å². The number of hydrogen-bond donors (Lipinski definition) is 3. The topological polar surface area (TPSA) is 104 Å². The van der Waals surface area contributed by atoms with Gasteiger partial charge in [0.1, 0.15) is 9.84 Å². The second-order valence-corrected chi connectivity index (χ2v) is 5.01. The summed E-state index contributed by atoms with van der Waals surface area (Å²) >= 11 is 0. The Bertz CT molecular complexity index is 260. The van der Waals surface area contributed by atoms with Crippen LogP contribution in [0.4, 0.5) is 4.79 Å². The largest absolute Gasteiger partial charge is 0.465 e. The number of sulfone groups is 1. The minimum absolute atomic E-state index is 0.0850. The molecule has 7 heteroatoms. The number of hydrogen-bond acceptors (Lipinski definition) is 4. The molecule has 0 unspecified atom stereocenters. The maximum absolute atomic E-state index is 10.7. The fraction of sp³-hybridized carbons (Fsp3) is 0.833. The molecule has 3 N–H and O–H groups in total. The number of rotatable bonds is 5. The van der Waals surface area contributed by atoms with Gasteiger partial charge < -0.3 is 15.5 Å². The maximum atomic E-state index is 10.7. The zero-order chi connectivity index (χ0) is 10.5. The maximum Gasteiger partial charge on any atom is 0.404 e. The highest BCUT2D eigenvalue weighted by atomic mass is 32.2. The van der Waals surface area contributed by atoms with Crippen LogP contribution in [0.25, 0.3) is 0 Å². The number of nitrogens with one attached hydrogen (secondary N) is 1. The SMILES string of the molecule is CS(=O)(=O)CC[C@H](CO)NC(=O)O. The Labute approximate surface area is 76.5 Å². The van der Waals surface area contributed by atoms with Gasteiger partial charge in [0.25, 0.3) is 0 Å². The Morgan fingerprint density at radius 1 is 1.54 bits per heavy atom. The van der Waals surface area contributed by atoms with Crippen molar-refractivity contribution in [1.82, 2.24) is 5.32 Å². The van der Waals surface area contributed by atoms with Crippen molar-refractivity contribution in [3.8, 4) is 0 Å². The van der Waals surface area contributed by atoms with Crippen LogP contribution >= 0.6 is 0 Å². The summed E-state index contributed by atoms with van der Waals surface area (Å²) in [5.41, 5.74) is 0. The molecule has 1 amide bonds. The molecule has 1 atom stereocenters. The first-order valence-corrected chi connectivity index (χ1v) is 5.69. The van der Waals surface area contributed by atoms with E-state index in [1.54, 1.807) is 0 Å². The fourth-order valence-corrected chi connectivity index (χ4v) is 1.45. The molecule has 0 saturated carbocycles. The number of aliphatic hydroxyl groups excluding tert-OH is 1. The summed E-state index contributed by atoms with van der Waals surface area (Å²) in [6.45, 7) is -0.401. The highest BCUT2D eigenvalue weighted by molar-refractivity contribution is 7.90. The van der Waals surface area contributed by atoms with E-state index >= 15 is 0 Å². The Morgan fingerprint density at radius 2 is 2.08 bits per heavy atom. The van der Waals surface area contributed by atoms with Gasteiger partial charge in [-0.3, -0.25) is 0 Å². The third-order valence-corrected chi connectivity index (χ3v) is 2.36. The molecule has 78 valence electrons. The average Bonchev–Trinajstić information content (AvgIpc) is 1.95. The predicted octanol–water partition coefficient (Wildman–Crippen LogP) is -0.950. The second kappa shape index (κ2) is 5.03. The summed E-state index contributed by atoms with van der Waals surface area (Å²) < 4.78 is 21.4. The van der Waals surface area contributed by atoms with Gasteiger partial charge in [-0.05, 0) is 6.42 Å². The molecule has 0 heterocycles. The van der Waals surface area contributed by atoms with Gasteiger partial charge >= 0.3 is 6.09 Å². The lowest BCUT2D eigenvalue weighted by Crippen LogP contribution is -2.37. The lowest BCUT2D eigenvalue weighted by Gasteiger charge is -2.12. The van der Waals surface area contributed by atoms with Crippen molar-refractivity contribution in [3.05, 3.63) is 0 Å². The standard InChI is InChI=1S/C6H13NO5S/c1-13(11,12)3-2-5(4-8)7-6(9)10/h5,7-8H,2-4H2,1H3,(H,9,10)/t5-/m1/s1. The van der Waals surface area contributed by atoms with Crippen molar-refractivity contribution in [3.63, 3.8) is 0 Å². The van der Waals surface area contributed by atoms with E-state index in [4.69, 9.17) is 10.2 Å². The van der Waals surface area contributed by atoms with Crippen LogP contribution in [0.1, 0.15) is 6.42 Å². The van der Waals surface area contributed by atoms with Crippen molar-refractivity contribution in [2.45, 2.75) is 12.5 Å². The summed E-state index contributed by atoms with van der Waals surface area (Å²) in [5.74, 6) is -0.140. The van der Waals surface area contributed by atoms with Gasteiger partial charge in [-0.15, -0.1) is 0 Å². The first-order valence-electron chi connectivity index (χ1n) is 3.63. The van der Waals surface area contributed by atoms with Crippen LogP contribution in [-0.4, -0.2) is 49.4 Å². The third-order valence-electron chi connectivity index (χ3n) is 1.39. The Morgan fingerprint density at radius 3 is 2.38 bits per heavy atom. The van der Waals surface area contributed by atoms with Gasteiger partial charge in [0.05, 0.1) is 18.4 Å². The molecular weight excluding hydrogens is 198 g/mol. The van der Waals surface area contributed by atoms with Crippen molar-refractivity contribution < 1.29 is 23.4 Å². The van der Waals surface area contributed by atoms with E-state index in [-0.39, 0.29) is 12.2 Å². The molecule has 0 bridgehead atoms. The van der Waals surface area contributed by atoms with E-state index in [1.807, 2.05) is 5.32 Å². The molecule has 0 aliphatic rings. The van der Waals surface area contributed by atoms with Crippen molar-refractivity contribution >= 4 is 15.9 Å². The molecule has 0 aliphatic heterocycles. The number of carboxylic acid groups (broad SMARTS) is 1. The van der Waals surface area contributed by atoms with Crippen LogP contribution in [0.15, 0.2) is 0 Å². The zero-order valence-electron chi connectivity index (χ0n) is 7.23. The molecular formula is C6H13NO5S. The normalized spacial score (nSPS) is 13.7. The summed E-state index contributed by atoms with van der Waals surface area (Å²) in [7, 11) is -3.11. The quantitative estimate of drug-likeness (QED) is 0.544. The van der Waals surface area contributed by atoms with Crippen molar-refractivity contribution in [1.29, 1.82) is 0 Å².